The van der Waals surface area contributed by atoms with Gasteiger partial charge >= 0.3 is 0 Å². The van der Waals surface area contributed by atoms with E-state index in [-0.39, 0.29) is 5.91 Å². The molecule has 0 unspecified atom stereocenters. The number of nitrogens with zero attached hydrogens (tertiary/aromatic N) is 3. The Morgan fingerprint density at radius 3 is 2.10 bits per heavy atom. The molecule has 0 bridgehead atoms. The number of carbonyl (C=O) groups is 1. The van der Waals surface area contributed by atoms with Crippen LogP contribution in [0.2, 0.25) is 0 Å². The van der Waals surface area contributed by atoms with Crippen molar-refractivity contribution in [1.29, 1.82) is 0 Å². The second-order valence-corrected chi connectivity index (χ2v) is 8.56. The first-order chi connectivity index (χ1) is 14.8. The summed E-state index contributed by atoms with van der Waals surface area (Å²) < 4.78 is 0. The molecule has 0 radical (unpaired) electrons. The number of anilines is 1. The number of aromatic nitrogens is 1. The molecule has 0 saturated heterocycles. The van der Waals surface area contributed by atoms with Crippen molar-refractivity contribution in [3.05, 3.63) is 58.8 Å². The van der Waals surface area contributed by atoms with Crippen molar-refractivity contribution >= 4 is 22.4 Å². The predicted molar refractivity (Wildman–Crippen MR) is 132 cm³/mol. The summed E-state index contributed by atoms with van der Waals surface area (Å²) in [4.78, 5) is 22.0. The van der Waals surface area contributed by atoms with Crippen LogP contribution in [0.15, 0.2) is 36.4 Å². The van der Waals surface area contributed by atoms with Crippen LogP contribution in [0.3, 0.4) is 0 Å². The molecule has 0 spiro atoms. The van der Waals surface area contributed by atoms with E-state index in [1.165, 1.54) is 11.1 Å². The van der Waals surface area contributed by atoms with E-state index in [0.29, 0.717) is 0 Å². The number of benzene rings is 2. The van der Waals surface area contributed by atoms with Gasteiger partial charge < -0.3 is 9.80 Å². The Bertz CT molecular complexity index is 1100. The number of rotatable bonds is 7. The fourth-order valence-electron chi connectivity index (χ4n) is 4.52. The molecule has 1 aromatic heterocycles. The quantitative estimate of drug-likeness (QED) is 0.462. The molecular formula is C27H35N3O. The lowest BCUT2D eigenvalue weighted by atomic mass is 9.91. The molecule has 3 aromatic rings. The van der Waals surface area contributed by atoms with Crippen LogP contribution in [-0.4, -0.2) is 43.0 Å². The highest BCUT2D eigenvalue weighted by Crippen LogP contribution is 2.39. The molecule has 164 valence electrons. The summed E-state index contributed by atoms with van der Waals surface area (Å²) in [5.74, 6) is 0.0217. The summed E-state index contributed by atoms with van der Waals surface area (Å²) in [5.41, 5.74) is 7.16. The Labute approximate surface area is 186 Å². The van der Waals surface area contributed by atoms with Crippen molar-refractivity contribution < 1.29 is 4.79 Å². The molecule has 4 heteroatoms. The second-order valence-electron chi connectivity index (χ2n) is 8.56. The maximum atomic E-state index is 12.8. The molecule has 0 aliphatic heterocycles. The molecule has 0 N–H and O–H groups in total. The lowest BCUT2D eigenvalue weighted by molar-refractivity contribution is 0.0827. The van der Waals surface area contributed by atoms with E-state index < -0.39 is 0 Å². The SMILES string of the molecule is CCCN(CCC)c1c(C)nc(-c2c(C)ccc(C(=O)N(C)C)c2C)c2ccccc12. The van der Waals surface area contributed by atoms with E-state index in [1.54, 1.807) is 19.0 Å². The van der Waals surface area contributed by atoms with Gasteiger partial charge in [0, 0.05) is 49.1 Å². The third-order valence-electron chi connectivity index (χ3n) is 5.91. The number of amides is 1. The summed E-state index contributed by atoms with van der Waals surface area (Å²) in [6.07, 6.45) is 2.20. The van der Waals surface area contributed by atoms with Crippen LogP contribution >= 0.6 is 0 Å². The van der Waals surface area contributed by atoms with Crippen molar-refractivity contribution in [2.45, 2.75) is 47.5 Å². The molecule has 3 rings (SSSR count). The summed E-state index contributed by atoms with van der Waals surface area (Å²) in [6.45, 7) is 12.7. The molecule has 0 atom stereocenters. The molecule has 0 aliphatic carbocycles. The van der Waals surface area contributed by atoms with Gasteiger partial charge in [-0.3, -0.25) is 9.78 Å². The predicted octanol–water partition coefficient (Wildman–Crippen LogP) is 6.16. The molecular weight excluding hydrogens is 382 g/mol. The Kier molecular flexibility index (Phi) is 6.99. The van der Waals surface area contributed by atoms with E-state index in [1.807, 2.05) is 19.1 Å². The van der Waals surface area contributed by atoms with Crippen LogP contribution in [0.25, 0.3) is 22.0 Å². The van der Waals surface area contributed by atoms with Crippen LogP contribution in [0.1, 0.15) is 53.9 Å². The summed E-state index contributed by atoms with van der Waals surface area (Å²) in [7, 11) is 3.59. The second kappa shape index (κ2) is 9.51. The summed E-state index contributed by atoms with van der Waals surface area (Å²) in [6, 6.07) is 12.5. The van der Waals surface area contributed by atoms with Gasteiger partial charge in [-0.05, 0) is 50.8 Å². The topological polar surface area (TPSA) is 36.4 Å². The van der Waals surface area contributed by atoms with Crippen LogP contribution < -0.4 is 4.90 Å². The van der Waals surface area contributed by atoms with Gasteiger partial charge in [0.05, 0.1) is 17.1 Å². The van der Waals surface area contributed by atoms with Crippen LogP contribution in [-0.2, 0) is 0 Å². The minimum absolute atomic E-state index is 0.0217. The molecule has 1 heterocycles. The van der Waals surface area contributed by atoms with Gasteiger partial charge in [-0.25, -0.2) is 0 Å². The van der Waals surface area contributed by atoms with Gasteiger partial charge in [-0.15, -0.1) is 0 Å². The van der Waals surface area contributed by atoms with Crippen molar-refractivity contribution in [1.82, 2.24) is 9.88 Å². The van der Waals surface area contributed by atoms with Gasteiger partial charge in [0.1, 0.15) is 0 Å². The molecule has 0 fully saturated rings. The fourth-order valence-corrected chi connectivity index (χ4v) is 4.52. The average molecular weight is 418 g/mol. The summed E-state index contributed by atoms with van der Waals surface area (Å²) in [5, 5.41) is 2.37. The Balaban J connectivity index is 2.33. The van der Waals surface area contributed by atoms with Crippen molar-refractivity contribution in [3.8, 4) is 11.3 Å². The van der Waals surface area contributed by atoms with E-state index in [2.05, 4.69) is 56.9 Å². The van der Waals surface area contributed by atoms with Gasteiger partial charge in [0.15, 0.2) is 0 Å². The lowest BCUT2D eigenvalue weighted by Crippen LogP contribution is -2.26. The highest BCUT2D eigenvalue weighted by Gasteiger charge is 2.21. The average Bonchev–Trinajstić information content (AvgIpc) is 2.73. The third kappa shape index (κ3) is 4.30. The number of hydrogen-bond donors (Lipinski definition) is 0. The highest BCUT2D eigenvalue weighted by molar-refractivity contribution is 6.05. The minimum Gasteiger partial charge on any atom is -0.370 e. The van der Waals surface area contributed by atoms with Crippen molar-refractivity contribution in [2.24, 2.45) is 0 Å². The Morgan fingerprint density at radius 2 is 1.52 bits per heavy atom. The third-order valence-corrected chi connectivity index (χ3v) is 5.91. The van der Waals surface area contributed by atoms with Crippen LogP contribution in [0.4, 0.5) is 5.69 Å². The van der Waals surface area contributed by atoms with Crippen molar-refractivity contribution in [2.75, 3.05) is 32.1 Å². The van der Waals surface area contributed by atoms with Gasteiger partial charge in [0.2, 0.25) is 0 Å². The number of carbonyl (C=O) groups excluding carboxylic acids is 1. The Morgan fingerprint density at radius 1 is 0.903 bits per heavy atom. The summed E-state index contributed by atoms with van der Waals surface area (Å²) >= 11 is 0. The van der Waals surface area contributed by atoms with E-state index in [4.69, 9.17) is 4.98 Å². The van der Waals surface area contributed by atoms with Gasteiger partial charge in [-0.1, -0.05) is 44.2 Å². The minimum atomic E-state index is 0.0217. The largest absolute Gasteiger partial charge is 0.370 e. The molecule has 2 aromatic carbocycles. The number of aryl methyl sites for hydroxylation is 2. The van der Waals surface area contributed by atoms with Crippen LogP contribution in [0, 0.1) is 20.8 Å². The van der Waals surface area contributed by atoms with E-state index in [0.717, 1.165) is 65.0 Å². The normalized spacial score (nSPS) is 11.1. The number of fused-ring (bicyclic) bond motifs is 1. The zero-order chi connectivity index (χ0) is 22.7. The lowest BCUT2D eigenvalue weighted by Gasteiger charge is -2.28. The van der Waals surface area contributed by atoms with E-state index in [9.17, 15) is 4.79 Å². The zero-order valence-corrected chi connectivity index (χ0v) is 20.0. The molecule has 0 saturated carbocycles. The standard InChI is InChI=1S/C27H35N3O/c1-8-16-30(17-9-2)26-20(5)28-25(22-12-10-11-13-23(22)26)24-18(3)14-15-21(19(24)4)27(31)29(6)7/h10-15H,8-9,16-17H2,1-7H3. The zero-order valence-electron chi connectivity index (χ0n) is 20.0. The smallest absolute Gasteiger partial charge is 0.253 e. The number of pyridine rings is 1. The molecule has 31 heavy (non-hydrogen) atoms. The van der Waals surface area contributed by atoms with E-state index >= 15 is 0 Å². The van der Waals surface area contributed by atoms with Gasteiger partial charge in [0.25, 0.3) is 5.91 Å². The van der Waals surface area contributed by atoms with Gasteiger partial charge in [-0.2, -0.15) is 0 Å². The maximum absolute atomic E-state index is 12.8. The first kappa shape index (κ1) is 22.8. The highest BCUT2D eigenvalue weighted by atomic mass is 16.2. The Hall–Kier alpha value is -2.88. The monoisotopic (exact) mass is 417 g/mol. The van der Waals surface area contributed by atoms with Crippen molar-refractivity contribution in [3.63, 3.8) is 0 Å². The molecule has 1 amide bonds. The van der Waals surface area contributed by atoms with Crippen LogP contribution in [0.5, 0.6) is 0 Å². The first-order valence-corrected chi connectivity index (χ1v) is 11.3. The molecule has 4 nitrogen and oxygen atoms in total. The first-order valence-electron chi connectivity index (χ1n) is 11.3. The molecule has 0 aliphatic rings. The maximum Gasteiger partial charge on any atom is 0.253 e. The number of hydrogen-bond acceptors (Lipinski definition) is 3. The fraction of sp³-hybridized carbons (Fsp3) is 0.407.